The second kappa shape index (κ2) is 6.52. The summed E-state index contributed by atoms with van der Waals surface area (Å²) in [6.45, 7) is 5.37. The van der Waals surface area contributed by atoms with Crippen LogP contribution in [-0.2, 0) is 0 Å². The number of hydrogen-bond donors (Lipinski definition) is 1. The first kappa shape index (κ1) is 13.8. The lowest BCUT2D eigenvalue weighted by Gasteiger charge is -2.24. The van der Waals surface area contributed by atoms with E-state index in [1.54, 1.807) is 6.33 Å². The summed E-state index contributed by atoms with van der Waals surface area (Å²) in [6.07, 6.45) is 5.83. The van der Waals surface area contributed by atoms with Gasteiger partial charge in [0.15, 0.2) is 0 Å². The predicted molar refractivity (Wildman–Crippen MR) is 79.6 cm³/mol. The van der Waals surface area contributed by atoms with Gasteiger partial charge in [0, 0.05) is 19.3 Å². The quantitative estimate of drug-likeness (QED) is 0.829. The number of rotatable bonds is 7. The number of H-pyrrole nitrogens is 1. The molecule has 0 radical (unpaired) electrons. The van der Waals surface area contributed by atoms with E-state index in [4.69, 9.17) is 0 Å². The maximum absolute atomic E-state index is 4.48. The third-order valence-corrected chi connectivity index (χ3v) is 3.16. The highest BCUT2D eigenvalue weighted by Gasteiger charge is 2.12. The minimum atomic E-state index is 0.915. The van der Waals surface area contributed by atoms with Crippen LogP contribution in [0.15, 0.2) is 18.6 Å². The first-order chi connectivity index (χ1) is 9.22. The lowest BCUT2D eigenvalue weighted by atomic mass is 10.3. The van der Waals surface area contributed by atoms with Crippen molar-refractivity contribution in [2.45, 2.75) is 19.8 Å². The van der Waals surface area contributed by atoms with Gasteiger partial charge in [0.2, 0.25) is 0 Å². The fourth-order valence-electron chi connectivity index (χ4n) is 2.28. The molecule has 0 atom stereocenters. The van der Waals surface area contributed by atoms with Crippen molar-refractivity contribution in [3.8, 4) is 0 Å². The summed E-state index contributed by atoms with van der Waals surface area (Å²) < 4.78 is 0. The molecule has 0 aliphatic carbocycles. The van der Waals surface area contributed by atoms with Crippen LogP contribution >= 0.6 is 0 Å². The van der Waals surface area contributed by atoms with Crippen LogP contribution in [0.3, 0.4) is 0 Å². The fraction of sp³-hybridized carbons (Fsp3) is 0.571. The standard InChI is InChI=1S/C14H23N5/c1-4-8-19(10-5-9-18(2)3)14-12-6-7-15-13(12)16-11-17-14/h6-7,11H,4-5,8-10H2,1-3H3,(H,15,16,17). The Kier molecular flexibility index (Phi) is 4.74. The van der Waals surface area contributed by atoms with Gasteiger partial charge in [-0.25, -0.2) is 9.97 Å². The normalized spacial score (nSPS) is 11.4. The molecule has 1 N–H and O–H groups in total. The molecule has 0 unspecified atom stereocenters. The van der Waals surface area contributed by atoms with Crippen LogP contribution in [-0.4, -0.2) is 53.6 Å². The summed E-state index contributed by atoms with van der Waals surface area (Å²) in [5.41, 5.74) is 0.915. The lowest BCUT2D eigenvalue weighted by molar-refractivity contribution is 0.400. The Morgan fingerprint density at radius 3 is 2.74 bits per heavy atom. The second-order valence-corrected chi connectivity index (χ2v) is 5.08. The zero-order valence-electron chi connectivity index (χ0n) is 12.1. The topological polar surface area (TPSA) is 48.1 Å². The third kappa shape index (κ3) is 3.44. The zero-order chi connectivity index (χ0) is 13.7. The molecule has 19 heavy (non-hydrogen) atoms. The van der Waals surface area contributed by atoms with Gasteiger partial charge in [-0.1, -0.05) is 6.92 Å². The molecule has 0 saturated carbocycles. The van der Waals surface area contributed by atoms with Crippen LogP contribution in [0.1, 0.15) is 19.8 Å². The number of aromatic nitrogens is 3. The first-order valence-electron chi connectivity index (χ1n) is 6.90. The van der Waals surface area contributed by atoms with E-state index in [1.807, 2.05) is 6.20 Å². The van der Waals surface area contributed by atoms with Crippen LogP contribution in [0.25, 0.3) is 11.0 Å². The molecule has 2 heterocycles. The van der Waals surface area contributed by atoms with Gasteiger partial charge in [-0.3, -0.25) is 0 Å². The van der Waals surface area contributed by atoms with Gasteiger partial charge in [-0.15, -0.1) is 0 Å². The molecular formula is C14H23N5. The number of nitrogens with zero attached hydrogens (tertiary/aromatic N) is 4. The monoisotopic (exact) mass is 261 g/mol. The molecule has 0 amide bonds. The number of hydrogen-bond acceptors (Lipinski definition) is 4. The van der Waals surface area contributed by atoms with E-state index < -0.39 is 0 Å². The van der Waals surface area contributed by atoms with Crippen molar-refractivity contribution in [2.24, 2.45) is 0 Å². The van der Waals surface area contributed by atoms with E-state index >= 15 is 0 Å². The summed E-state index contributed by atoms with van der Waals surface area (Å²) in [4.78, 5) is 16.5. The van der Waals surface area contributed by atoms with Crippen LogP contribution in [0, 0.1) is 0 Å². The van der Waals surface area contributed by atoms with Crippen molar-refractivity contribution < 1.29 is 0 Å². The molecule has 2 aromatic rings. The average molecular weight is 261 g/mol. The van der Waals surface area contributed by atoms with Crippen LogP contribution in [0.4, 0.5) is 5.82 Å². The summed E-state index contributed by atoms with van der Waals surface area (Å²) in [5.74, 6) is 1.05. The third-order valence-electron chi connectivity index (χ3n) is 3.16. The minimum absolute atomic E-state index is 0.915. The Balaban J connectivity index is 2.15. The number of aromatic amines is 1. The van der Waals surface area contributed by atoms with Gasteiger partial charge in [0.25, 0.3) is 0 Å². The van der Waals surface area contributed by atoms with Crippen molar-refractivity contribution in [1.82, 2.24) is 19.9 Å². The van der Waals surface area contributed by atoms with E-state index in [0.29, 0.717) is 0 Å². The van der Waals surface area contributed by atoms with E-state index in [9.17, 15) is 0 Å². The van der Waals surface area contributed by atoms with Gasteiger partial charge in [0.1, 0.15) is 17.8 Å². The maximum atomic E-state index is 4.48. The van der Waals surface area contributed by atoms with Gasteiger partial charge >= 0.3 is 0 Å². The molecule has 0 aliphatic heterocycles. The summed E-state index contributed by atoms with van der Waals surface area (Å²) in [6, 6.07) is 2.05. The van der Waals surface area contributed by atoms with Gasteiger partial charge in [-0.2, -0.15) is 0 Å². The van der Waals surface area contributed by atoms with E-state index in [2.05, 4.69) is 51.8 Å². The van der Waals surface area contributed by atoms with Crippen molar-refractivity contribution in [3.05, 3.63) is 18.6 Å². The van der Waals surface area contributed by atoms with E-state index in [0.717, 1.165) is 49.3 Å². The van der Waals surface area contributed by atoms with Crippen LogP contribution in [0.2, 0.25) is 0 Å². The van der Waals surface area contributed by atoms with Gasteiger partial charge in [-0.05, 0) is 39.5 Å². The molecular weight excluding hydrogens is 238 g/mol. The Labute approximate surface area is 114 Å². The highest BCUT2D eigenvalue weighted by Crippen LogP contribution is 2.22. The number of nitrogens with one attached hydrogen (secondary N) is 1. The molecule has 0 spiro atoms. The Hall–Kier alpha value is -1.62. The zero-order valence-corrected chi connectivity index (χ0v) is 12.1. The molecule has 5 heteroatoms. The van der Waals surface area contributed by atoms with Crippen molar-refractivity contribution in [1.29, 1.82) is 0 Å². The Morgan fingerprint density at radius 1 is 1.16 bits per heavy atom. The largest absolute Gasteiger partial charge is 0.356 e. The molecule has 2 aromatic heterocycles. The lowest BCUT2D eigenvalue weighted by Crippen LogP contribution is -2.29. The molecule has 0 saturated heterocycles. The van der Waals surface area contributed by atoms with Crippen molar-refractivity contribution >= 4 is 16.9 Å². The Bertz CT molecular complexity index is 505. The van der Waals surface area contributed by atoms with Crippen LogP contribution in [0.5, 0.6) is 0 Å². The number of fused-ring (bicyclic) bond motifs is 1. The van der Waals surface area contributed by atoms with Gasteiger partial charge in [0.05, 0.1) is 5.39 Å². The first-order valence-corrected chi connectivity index (χ1v) is 6.90. The van der Waals surface area contributed by atoms with Gasteiger partial charge < -0.3 is 14.8 Å². The molecule has 0 fully saturated rings. The summed E-state index contributed by atoms with van der Waals surface area (Å²) >= 11 is 0. The molecule has 104 valence electrons. The molecule has 0 aliphatic rings. The van der Waals surface area contributed by atoms with Crippen LogP contribution < -0.4 is 4.90 Å². The maximum Gasteiger partial charge on any atom is 0.142 e. The Morgan fingerprint density at radius 2 is 2.00 bits per heavy atom. The second-order valence-electron chi connectivity index (χ2n) is 5.08. The smallest absolute Gasteiger partial charge is 0.142 e. The van der Waals surface area contributed by atoms with E-state index in [-0.39, 0.29) is 0 Å². The summed E-state index contributed by atoms with van der Waals surface area (Å²) in [7, 11) is 4.22. The highest BCUT2D eigenvalue weighted by atomic mass is 15.2. The molecule has 5 nitrogen and oxygen atoms in total. The van der Waals surface area contributed by atoms with Crippen molar-refractivity contribution in [3.63, 3.8) is 0 Å². The van der Waals surface area contributed by atoms with E-state index in [1.165, 1.54) is 0 Å². The van der Waals surface area contributed by atoms with Crippen molar-refractivity contribution in [2.75, 3.05) is 38.6 Å². The predicted octanol–water partition coefficient (Wildman–Crippen LogP) is 2.13. The average Bonchev–Trinajstić information content (AvgIpc) is 2.85. The molecule has 0 aromatic carbocycles. The minimum Gasteiger partial charge on any atom is -0.356 e. The summed E-state index contributed by atoms with van der Waals surface area (Å²) in [5, 5.41) is 1.11. The molecule has 0 bridgehead atoms. The molecule has 2 rings (SSSR count). The highest BCUT2D eigenvalue weighted by molar-refractivity contribution is 5.87. The number of anilines is 1. The fourth-order valence-corrected chi connectivity index (χ4v) is 2.28. The SMILES string of the molecule is CCCN(CCCN(C)C)c1ncnc2[nH]ccc12.